The van der Waals surface area contributed by atoms with Crippen molar-refractivity contribution in [3.05, 3.63) is 65.5 Å². The first-order chi connectivity index (χ1) is 11.7. The number of carbonyl (C=O) groups excluding carboxylic acids is 1. The van der Waals surface area contributed by atoms with Gasteiger partial charge in [0.2, 0.25) is 0 Å². The van der Waals surface area contributed by atoms with Crippen LogP contribution in [0, 0.1) is 5.92 Å². The monoisotopic (exact) mass is 326 g/mol. The van der Waals surface area contributed by atoms with Gasteiger partial charge in [0.25, 0.3) is 5.91 Å². The molecule has 1 aromatic carbocycles. The van der Waals surface area contributed by atoms with Gasteiger partial charge in [0.1, 0.15) is 0 Å². The number of aliphatic hydroxyl groups is 2. The minimum atomic E-state index is -0.254. The van der Waals surface area contributed by atoms with Gasteiger partial charge in [-0.05, 0) is 60.6 Å². The average Bonchev–Trinajstić information content (AvgIpc) is 2.59. The van der Waals surface area contributed by atoms with Crippen LogP contribution in [0.2, 0.25) is 0 Å². The molecule has 3 rings (SSSR count). The number of aliphatic hydroxyl groups excluding tert-OH is 2. The molecule has 1 saturated carbocycles. The molecule has 1 atom stereocenters. The summed E-state index contributed by atoms with van der Waals surface area (Å²) in [5.74, 6) is 0.161. The maximum Gasteiger partial charge on any atom is 0.251 e. The number of amides is 1. The van der Waals surface area contributed by atoms with Gasteiger partial charge in [0, 0.05) is 24.0 Å². The highest BCUT2D eigenvalue weighted by Gasteiger charge is 2.34. The number of nitrogens with one attached hydrogen (secondary N) is 1. The molecule has 0 saturated heterocycles. The molecular formula is C19H22N2O3. The molecule has 5 nitrogen and oxygen atoms in total. The van der Waals surface area contributed by atoms with Crippen LogP contribution in [0.5, 0.6) is 0 Å². The molecule has 1 aliphatic carbocycles. The summed E-state index contributed by atoms with van der Waals surface area (Å²) >= 11 is 0. The zero-order chi connectivity index (χ0) is 16.9. The van der Waals surface area contributed by atoms with Crippen LogP contribution in [-0.4, -0.2) is 33.3 Å². The first kappa shape index (κ1) is 16.6. The molecular weight excluding hydrogens is 304 g/mol. The second-order valence-electron chi connectivity index (χ2n) is 6.38. The lowest BCUT2D eigenvalue weighted by Gasteiger charge is -2.38. The van der Waals surface area contributed by atoms with Crippen LogP contribution < -0.4 is 5.32 Å². The number of hydrogen-bond acceptors (Lipinski definition) is 4. The molecule has 24 heavy (non-hydrogen) atoms. The molecule has 0 spiro atoms. The predicted octanol–water partition coefficient (Wildman–Crippen LogP) is 1.69. The van der Waals surface area contributed by atoms with Crippen LogP contribution >= 0.6 is 0 Å². The SMILES string of the molecule is O=C(NC(Cc1ccncc1)C1CC(O)C1)c1ccc(CO)cc1. The highest BCUT2D eigenvalue weighted by molar-refractivity contribution is 5.94. The molecule has 1 aromatic heterocycles. The van der Waals surface area contributed by atoms with Crippen LogP contribution in [0.25, 0.3) is 0 Å². The van der Waals surface area contributed by atoms with Gasteiger partial charge in [-0.2, -0.15) is 0 Å². The van der Waals surface area contributed by atoms with Crippen LogP contribution in [-0.2, 0) is 13.0 Å². The van der Waals surface area contributed by atoms with E-state index in [-0.39, 0.29) is 30.6 Å². The van der Waals surface area contributed by atoms with Gasteiger partial charge in [-0.25, -0.2) is 0 Å². The van der Waals surface area contributed by atoms with Crippen LogP contribution in [0.15, 0.2) is 48.8 Å². The van der Waals surface area contributed by atoms with E-state index in [4.69, 9.17) is 5.11 Å². The van der Waals surface area contributed by atoms with E-state index >= 15 is 0 Å². The Morgan fingerprint density at radius 3 is 2.38 bits per heavy atom. The summed E-state index contributed by atoms with van der Waals surface area (Å²) in [4.78, 5) is 16.5. The van der Waals surface area contributed by atoms with Gasteiger partial charge in [-0.3, -0.25) is 9.78 Å². The summed E-state index contributed by atoms with van der Waals surface area (Å²) in [5, 5.41) is 21.8. The lowest BCUT2D eigenvalue weighted by Crippen LogP contribution is -2.48. The van der Waals surface area contributed by atoms with Gasteiger partial charge in [-0.15, -0.1) is 0 Å². The molecule has 1 unspecified atom stereocenters. The fraction of sp³-hybridized carbons (Fsp3) is 0.368. The topological polar surface area (TPSA) is 82.5 Å². The Labute approximate surface area is 141 Å². The summed E-state index contributed by atoms with van der Waals surface area (Å²) in [6.45, 7) is -0.0352. The fourth-order valence-corrected chi connectivity index (χ4v) is 3.08. The van der Waals surface area contributed by atoms with Crippen LogP contribution in [0.4, 0.5) is 0 Å². The van der Waals surface area contributed by atoms with Gasteiger partial charge in [-0.1, -0.05) is 12.1 Å². The Balaban J connectivity index is 1.69. The van der Waals surface area contributed by atoms with Crippen molar-refractivity contribution in [2.24, 2.45) is 5.92 Å². The number of pyridine rings is 1. The molecule has 3 N–H and O–H groups in total. The number of rotatable bonds is 6. The average molecular weight is 326 g/mol. The maximum absolute atomic E-state index is 12.5. The lowest BCUT2D eigenvalue weighted by atomic mass is 9.75. The highest BCUT2D eigenvalue weighted by Crippen LogP contribution is 2.31. The molecule has 0 aliphatic heterocycles. The molecule has 0 bridgehead atoms. The molecule has 1 aliphatic rings. The second kappa shape index (κ2) is 7.55. The highest BCUT2D eigenvalue weighted by atomic mass is 16.3. The van der Waals surface area contributed by atoms with E-state index in [1.807, 2.05) is 12.1 Å². The Bertz CT molecular complexity index is 667. The van der Waals surface area contributed by atoms with Crippen molar-refractivity contribution in [2.45, 2.75) is 38.0 Å². The largest absolute Gasteiger partial charge is 0.393 e. The lowest BCUT2D eigenvalue weighted by molar-refractivity contribution is 0.0239. The van der Waals surface area contributed by atoms with Gasteiger partial charge in [0.05, 0.1) is 12.7 Å². The molecule has 126 valence electrons. The van der Waals surface area contributed by atoms with Crippen molar-refractivity contribution < 1.29 is 15.0 Å². The third-order valence-corrected chi connectivity index (χ3v) is 4.64. The number of hydrogen-bond donors (Lipinski definition) is 3. The standard InChI is InChI=1S/C19H22N2O3/c22-12-14-1-3-15(4-2-14)19(24)21-18(16-10-17(23)11-16)9-13-5-7-20-8-6-13/h1-8,16-18,22-23H,9-12H2,(H,21,24). The van der Waals surface area contributed by atoms with E-state index in [2.05, 4.69) is 10.3 Å². The molecule has 1 amide bonds. The number of benzene rings is 1. The molecule has 5 heteroatoms. The summed E-state index contributed by atoms with van der Waals surface area (Å²) in [7, 11) is 0. The van der Waals surface area contributed by atoms with Crippen LogP contribution in [0.3, 0.4) is 0 Å². The fourth-order valence-electron chi connectivity index (χ4n) is 3.08. The van der Waals surface area contributed by atoms with E-state index in [0.717, 1.165) is 30.4 Å². The normalized spacial score (nSPS) is 20.9. The van der Waals surface area contributed by atoms with Crippen molar-refractivity contribution in [3.63, 3.8) is 0 Å². The zero-order valence-corrected chi connectivity index (χ0v) is 13.4. The van der Waals surface area contributed by atoms with Gasteiger partial charge in [0.15, 0.2) is 0 Å². The van der Waals surface area contributed by atoms with E-state index < -0.39 is 0 Å². The summed E-state index contributed by atoms with van der Waals surface area (Å²) < 4.78 is 0. The summed E-state index contributed by atoms with van der Waals surface area (Å²) in [5.41, 5.74) is 2.47. The van der Waals surface area contributed by atoms with Crippen molar-refractivity contribution in [3.8, 4) is 0 Å². The van der Waals surface area contributed by atoms with Gasteiger partial charge < -0.3 is 15.5 Å². The first-order valence-corrected chi connectivity index (χ1v) is 8.23. The van der Waals surface area contributed by atoms with Crippen molar-refractivity contribution >= 4 is 5.91 Å². The molecule has 1 heterocycles. The predicted molar refractivity (Wildman–Crippen MR) is 90.3 cm³/mol. The smallest absolute Gasteiger partial charge is 0.251 e. The van der Waals surface area contributed by atoms with Gasteiger partial charge >= 0.3 is 0 Å². The summed E-state index contributed by atoms with van der Waals surface area (Å²) in [6, 6.07) is 10.8. The molecule has 0 radical (unpaired) electrons. The van der Waals surface area contributed by atoms with Crippen LogP contribution in [0.1, 0.15) is 34.3 Å². The minimum Gasteiger partial charge on any atom is -0.393 e. The molecule has 2 aromatic rings. The number of carbonyl (C=O) groups is 1. The van der Waals surface area contributed by atoms with E-state index in [9.17, 15) is 9.90 Å². The van der Waals surface area contributed by atoms with Crippen molar-refractivity contribution in [2.75, 3.05) is 0 Å². The zero-order valence-electron chi connectivity index (χ0n) is 13.4. The molecule has 1 fully saturated rings. The number of aromatic nitrogens is 1. The van der Waals surface area contributed by atoms with Crippen molar-refractivity contribution in [1.82, 2.24) is 10.3 Å². The maximum atomic E-state index is 12.5. The Hall–Kier alpha value is -2.24. The quantitative estimate of drug-likeness (QED) is 0.754. The van der Waals surface area contributed by atoms with Crippen molar-refractivity contribution in [1.29, 1.82) is 0 Å². The minimum absolute atomic E-state index is 0.0131. The number of nitrogens with zero attached hydrogens (tertiary/aromatic N) is 1. The van der Waals surface area contributed by atoms with E-state index in [1.165, 1.54) is 0 Å². The summed E-state index contributed by atoms with van der Waals surface area (Å²) in [6.07, 6.45) is 5.41. The second-order valence-corrected chi connectivity index (χ2v) is 6.38. The van der Waals surface area contributed by atoms with E-state index in [0.29, 0.717) is 5.56 Å². The Morgan fingerprint density at radius 1 is 1.12 bits per heavy atom. The third-order valence-electron chi connectivity index (χ3n) is 4.64. The van der Waals surface area contributed by atoms with E-state index in [1.54, 1.807) is 36.7 Å². The Kier molecular flexibility index (Phi) is 5.23. The third kappa shape index (κ3) is 3.99. The first-order valence-electron chi connectivity index (χ1n) is 8.23. The Morgan fingerprint density at radius 2 is 1.79 bits per heavy atom.